The van der Waals surface area contributed by atoms with Crippen molar-refractivity contribution in [2.45, 2.75) is 37.2 Å². The van der Waals surface area contributed by atoms with E-state index >= 15 is 0 Å². The second-order valence-electron chi connectivity index (χ2n) is 3.90. The zero-order valence-electron chi connectivity index (χ0n) is 10.2. The van der Waals surface area contributed by atoms with Gasteiger partial charge in [0.05, 0.1) is 12.7 Å². The Kier molecular flexibility index (Phi) is 5.16. The van der Waals surface area contributed by atoms with Crippen molar-refractivity contribution in [2.24, 2.45) is 0 Å². The third-order valence-corrected chi connectivity index (χ3v) is 4.17. The summed E-state index contributed by atoms with van der Waals surface area (Å²) in [6, 6.07) is 7.93. The molecule has 0 amide bonds. The van der Waals surface area contributed by atoms with E-state index in [4.69, 9.17) is 4.74 Å². The summed E-state index contributed by atoms with van der Waals surface area (Å²) in [6.45, 7) is 4.05. The van der Waals surface area contributed by atoms with Crippen LogP contribution in [0.5, 0.6) is 5.75 Å². The molecular weight excluding hydrogens is 220 g/mol. The van der Waals surface area contributed by atoms with Crippen LogP contribution in [0.4, 0.5) is 0 Å². The molecule has 2 nitrogen and oxygen atoms in total. The molecular formula is C13H20O2S. The molecule has 1 N–H and O–H groups in total. The van der Waals surface area contributed by atoms with Gasteiger partial charge in [-0.25, -0.2) is 0 Å². The highest BCUT2D eigenvalue weighted by molar-refractivity contribution is 7.99. The van der Waals surface area contributed by atoms with Crippen LogP contribution < -0.4 is 4.74 Å². The van der Waals surface area contributed by atoms with E-state index in [2.05, 4.69) is 0 Å². The van der Waals surface area contributed by atoms with Gasteiger partial charge in [0.25, 0.3) is 0 Å². The summed E-state index contributed by atoms with van der Waals surface area (Å²) >= 11 is 1.69. The number of aliphatic hydroxyl groups is 1. The summed E-state index contributed by atoms with van der Waals surface area (Å²) < 4.78 is 5.10. The monoisotopic (exact) mass is 240 g/mol. The van der Waals surface area contributed by atoms with E-state index in [0.717, 1.165) is 24.3 Å². The first-order valence-corrected chi connectivity index (χ1v) is 6.61. The summed E-state index contributed by atoms with van der Waals surface area (Å²) in [5, 5.41) is 10.1. The fourth-order valence-corrected chi connectivity index (χ4v) is 2.52. The van der Waals surface area contributed by atoms with Gasteiger partial charge in [-0.05, 0) is 37.1 Å². The lowest BCUT2D eigenvalue weighted by Gasteiger charge is -2.24. The predicted octanol–water partition coefficient (Wildman–Crippen LogP) is 3.34. The molecule has 0 saturated carbocycles. The van der Waals surface area contributed by atoms with Gasteiger partial charge in [-0.15, -0.1) is 11.8 Å². The second kappa shape index (κ2) is 6.16. The molecule has 3 heteroatoms. The van der Waals surface area contributed by atoms with Gasteiger partial charge in [0.1, 0.15) is 5.75 Å². The third-order valence-electron chi connectivity index (χ3n) is 2.88. The Balaban J connectivity index is 2.54. The fourth-order valence-electron chi connectivity index (χ4n) is 1.34. The van der Waals surface area contributed by atoms with Gasteiger partial charge in [0.15, 0.2) is 0 Å². The van der Waals surface area contributed by atoms with Gasteiger partial charge in [-0.2, -0.15) is 0 Å². The number of methoxy groups -OCH3 is 1. The van der Waals surface area contributed by atoms with Crippen LogP contribution in [-0.4, -0.2) is 23.6 Å². The molecule has 0 spiro atoms. The quantitative estimate of drug-likeness (QED) is 0.773. The minimum Gasteiger partial charge on any atom is -0.497 e. The minimum absolute atomic E-state index is 0.537. The van der Waals surface area contributed by atoms with Crippen LogP contribution in [0, 0.1) is 0 Å². The highest BCUT2D eigenvalue weighted by Gasteiger charge is 2.21. The van der Waals surface area contributed by atoms with Crippen LogP contribution in [0.2, 0.25) is 0 Å². The molecule has 0 radical (unpaired) electrons. The lowest BCUT2D eigenvalue weighted by Crippen LogP contribution is -2.29. The normalized spacial score (nSPS) is 11.5. The predicted molar refractivity (Wildman–Crippen MR) is 69.2 cm³/mol. The topological polar surface area (TPSA) is 29.5 Å². The number of hydrogen-bond acceptors (Lipinski definition) is 3. The van der Waals surface area contributed by atoms with Crippen LogP contribution in [0.25, 0.3) is 0 Å². The maximum atomic E-state index is 10.1. The molecule has 0 aliphatic carbocycles. The lowest BCUT2D eigenvalue weighted by atomic mass is 10.0. The Labute approximate surface area is 102 Å². The average molecular weight is 240 g/mol. The summed E-state index contributed by atoms with van der Waals surface area (Å²) in [5.74, 6) is 1.61. The van der Waals surface area contributed by atoms with E-state index in [0.29, 0.717) is 0 Å². The molecule has 0 unspecified atom stereocenters. The lowest BCUT2D eigenvalue weighted by molar-refractivity contribution is 0.0572. The van der Waals surface area contributed by atoms with Crippen molar-refractivity contribution in [3.05, 3.63) is 24.3 Å². The Morgan fingerprint density at radius 2 is 1.75 bits per heavy atom. The number of benzene rings is 1. The van der Waals surface area contributed by atoms with Gasteiger partial charge in [0.2, 0.25) is 0 Å². The molecule has 90 valence electrons. The van der Waals surface area contributed by atoms with Crippen LogP contribution in [0.3, 0.4) is 0 Å². The molecule has 1 aromatic carbocycles. The Hall–Kier alpha value is -0.670. The van der Waals surface area contributed by atoms with Gasteiger partial charge in [-0.3, -0.25) is 0 Å². The van der Waals surface area contributed by atoms with Gasteiger partial charge < -0.3 is 9.84 Å². The largest absolute Gasteiger partial charge is 0.497 e. The maximum absolute atomic E-state index is 10.1. The number of thioether (sulfide) groups is 1. The van der Waals surface area contributed by atoms with Crippen molar-refractivity contribution in [3.63, 3.8) is 0 Å². The van der Waals surface area contributed by atoms with Crippen molar-refractivity contribution in [1.82, 2.24) is 0 Å². The molecule has 1 aromatic rings. The summed E-state index contributed by atoms with van der Waals surface area (Å²) in [4.78, 5) is 1.17. The number of ether oxygens (including phenoxy) is 1. The first kappa shape index (κ1) is 13.4. The van der Waals surface area contributed by atoms with Gasteiger partial charge in [0, 0.05) is 10.6 Å². The van der Waals surface area contributed by atoms with Crippen molar-refractivity contribution in [1.29, 1.82) is 0 Å². The van der Waals surface area contributed by atoms with Gasteiger partial charge in [-0.1, -0.05) is 13.8 Å². The van der Waals surface area contributed by atoms with E-state index in [-0.39, 0.29) is 0 Å². The zero-order chi connectivity index (χ0) is 12.0. The molecule has 0 saturated heterocycles. The fraction of sp³-hybridized carbons (Fsp3) is 0.538. The van der Waals surface area contributed by atoms with Gasteiger partial charge >= 0.3 is 0 Å². The molecule has 0 heterocycles. The highest BCUT2D eigenvalue weighted by atomic mass is 32.2. The number of rotatable bonds is 6. The Morgan fingerprint density at radius 1 is 1.19 bits per heavy atom. The minimum atomic E-state index is -0.537. The second-order valence-corrected chi connectivity index (χ2v) is 4.94. The van der Waals surface area contributed by atoms with Crippen molar-refractivity contribution >= 4 is 11.8 Å². The van der Waals surface area contributed by atoms with Crippen LogP contribution in [0.15, 0.2) is 29.2 Å². The van der Waals surface area contributed by atoms with Crippen LogP contribution >= 0.6 is 11.8 Å². The van der Waals surface area contributed by atoms with Crippen molar-refractivity contribution < 1.29 is 9.84 Å². The molecule has 0 aromatic heterocycles. The molecule has 0 aliphatic heterocycles. The third kappa shape index (κ3) is 3.72. The molecule has 1 rings (SSSR count). The van der Waals surface area contributed by atoms with Crippen molar-refractivity contribution in [3.8, 4) is 5.75 Å². The van der Waals surface area contributed by atoms with E-state index in [1.54, 1.807) is 18.9 Å². The Morgan fingerprint density at radius 3 is 2.19 bits per heavy atom. The zero-order valence-corrected chi connectivity index (χ0v) is 11.0. The molecule has 16 heavy (non-hydrogen) atoms. The first-order valence-electron chi connectivity index (χ1n) is 5.63. The van der Waals surface area contributed by atoms with Crippen LogP contribution in [0.1, 0.15) is 26.7 Å². The SMILES string of the molecule is CCC(O)(CC)CSc1ccc(OC)cc1. The molecule has 0 aliphatic rings. The summed E-state index contributed by atoms with van der Waals surface area (Å²) in [7, 11) is 1.66. The number of hydrogen-bond donors (Lipinski definition) is 1. The first-order chi connectivity index (χ1) is 7.63. The Bertz CT molecular complexity index is 304. The van der Waals surface area contributed by atoms with E-state index in [9.17, 15) is 5.11 Å². The summed E-state index contributed by atoms with van der Waals surface area (Å²) in [5.41, 5.74) is -0.537. The molecule has 0 atom stereocenters. The summed E-state index contributed by atoms with van der Waals surface area (Å²) in [6.07, 6.45) is 1.60. The van der Waals surface area contributed by atoms with E-state index < -0.39 is 5.60 Å². The standard InChI is InChI=1S/C13H20O2S/c1-4-13(14,5-2)10-16-12-8-6-11(15-3)7-9-12/h6-9,14H,4-5,10H2,1-3H3. The maximum Gasteiger partial charge on any atom is 0.118 e. The molecule has 0 fully saturated rings. The van der Waals surface area contributed by atoms with E-state index in [1.807, 2.05) is 38.1 Å². The smallest absolute Gasteiger partial charge is 0.118 e. The highest BCUT2D eigenvalue weighted by Crippen LogP contribution is 2.27. The van der Waals surface area contributed by atoms with Crippen molar-refractivity contribution in [2.75, 3.05) is 12.9 Å². The average Bonchev–Trinajstić information content (AvgIpc) is 2.36. The van der Waals surface area contributed by atoms with E-state index in [1.165, 1.54) is 4.90 Å². The molecule has 0 bridgehead atoms. The van der Waals surface area contributed by atoms with Crippen LogP contribution in [-0.2, 0) is 0 Å².